The highest BCUT2D eigenvalue weighted by atomic mass is 35.5. The highest BCUT2D eigenvalue weighted by Gasteiger charge is 2.31. The molecule has 1 aliphatic carbocycles. The first-order chi connectivity index (χ1) is 12.0. The van der Waals surface area contributed by atoms with Gasteiger partial charge in [0.1, 0.15) is 5.82 Å². The lowest BCUT2D eigenvalue weighted by Crippen LogP contribution is -2.55. The fourth-order valence-corrected chi connectivity index (χ4v) is 3.27. The van der Waals surface area contributed by atoms with Crippen LogP contribution in [0.25, 0.3) is 0 Å². The Morgan fingerprint density at radius 2 is 1.96 bits per heavy atom. The number of amides is 2. The van der Waals surface area contributed by atoms with Crippen molar-refractivity contribution in [3.63, 3.8) is 0 Å². The summed E-state index contributed by atoms with van der Waals surface area (Å²) < 4.78 is 13.8. The van der Waals surface area contributed by atoms with E-state index in [1.807, 2.05) is 6.92 Å². The van der Waals surface area contributed by atoms with E-state index < -0.39 is 5.82 Å². The molecule has 3 rings (SSSR count). The van der Waals surface area contributed by atoms with E-state index in [0.29, 0.717) is 32.2 Å². The Hall–Kier alpha value is -1.66. The first-order valence-electron chi connectivity index (χ1n) is 8.71. The fraction of sp³-hybridized carbons (Fsp3) is 0.556. The van der Waals surface area contributed by atoms with Crippen LogP contribution in [-0.2, 0) is 16.0 Å². The summed E-state index contributed by atoms with van der Waals surface area (Å²) in [6.45, 7) is 4.23. The summed E-state index contributed by atoms with van der Waals surface area (Å²) in [5, 5.41) is 3.29. The van der Waals surface area contributed by atoms with E-state index in [9.17, 15) is 14.0 Å². The van der Waals surface area contributed by atoms with Crippen LogP contribution in [0.1, 0.15) is 25.3 Å². The largest absolute Gasteiger partial charge is 0.352 e. The summed E-state index contributed by atoms with van der Waals surface area (Å²) in [7, 11) is 0. The maximum Gasteiger partial charge on any atom is 0.237 e. The van der Waals surface area contributed by atoms with Crippen LogP contribution in [-0.4, -0.2) is 59.9 Å². The van der Waals surface area contributed by atoms with E-state index in [0.717, 1.165) is 12.8 Å². The molecule has 1 atom stereocenters. The van der Waals surface area contributed by atoms with Gasteiger partial charge in [0.25, 0.3) is 0 Å². The molecular formula is C18H23ClFN3O2. The van der Waals surface area contributed by atoms with Gasteiger partial charge in [0.15, 0.2) is 0 Å². The van der Waals surface area contributed by atoms with E-state index >= 15 is 0 Å². The first-order valence-corrected chi connectivity index (χ1v) is 9.08. The highest BCUT2D eigenvalue weighted by Crippen LogP contribution is 2.21. The lowest BCUT2D eigenvalue weighted by atomic mass is 10.1. The molecular weight excluding hydrogens is 345 g/mol. The van der Waals surface area contributed by atoms with Gasteiger partial charge in [0, 0.05) is 42.8 Å². The van der Waals surface area contributed by atoms with E-state index in [1.165, 1.54) is 12.1 Å². The Kier molecular flexibility index (Phi) is 5.59. The molecule has 2 aliphatic rings. The van der Waals surface area contributed by atoms with Gasteiger partial charge in [-0.05, 0) is 31.9 Å². The normalized spacial score (nSPS) is 19.6. The standard InChI is InChI=1S/C18H23ClFN3O2/c1-12(18(25)21-13-5-6-13)22-7-9-23(10-8-22)17(24)11-14-15(19)3-2-4-16(14)20/h2-4,12-13H,5-11H2,1H3,(H,21,25). The van der Waals surface area contributed by atoms with Crippen LogP contribution in [0, 0.1) is 5.82 Å². The third kappa shape index (κ3) is 4.50. The lowest BCUT2D eigenvalue weighted by molar-refractivity contribution is -0.133. The van der Waals surface area contributed by atoms with Crippen molar-refractivity contribution in [2.24, 2.45) is 0 Å². The van der Waals surface area contributed by atoms with Gasteiger partial charge in [-0.3, -0.25) is 14.5 Å². The van der Waals surface area contributed by atoms with Gasteiger partial charge in [0.2, 0.25) is 11.8 Å². The molecule has 1 aromatic carbocycles. The average Bonchev–Trinajstić information content (AvgIpc) is 3.41. The summed E-state index contributed by atoms with van der Waals surface area (Å²) in [4.78, 5) is 28.4. The third-order valence-corrected chi connectivity index (χ3v) is 5.26. The molecule has 2 fully saturated rings. The Morgan fingerprint density at radius 3 is 2.56 bits per heavy atom. The van der Waals surface area contributed by atoms with Crippen LogP contribution in [0.5, 0.6) is 0 Å². The van der Waals surface area contributed by atoms with Crippen LogP contribution in [0.2, 0.25) is 5.02 Å². The molecule has 1 aromatic rings. The lowest BCUT2D eigenvalue weighted by Gasteiger charge is -2.37. The SMILES string of the molecule is CC(C(=O)NC1CC1)N1CCN(C(=O)Cc2c(F)cccc2Cl)CC1. The van der Waals surface area contributed by atoms with Crippen LogP contribution < -0.4 is 5.32 Å². The minimum Gasteiger partial charge on any atom is -0.352 e. The maximum absolute atomic E-state index is 13.8. The molecule has 1 saturated heterocycles. The molecule has 1 unspecified atom stereocenters. The van der Waals surface area contributed by atoms with Crippen LogP contribution in [0.3, 0.4) is 0 Å². The van der Waals surface area contributed by atoms with E-state index in [1.54, 1.807) is 11.0 Å². The molecule has 0 bridgehead atoms. The Balaban J connectivity index is 1.51. The molecule has 0 aromatic heterocycles. The van der Waals surface area contributed by atoms with Gasteiger partial charge < -0.3 is 10.2 Å². The molecule has 1 heterocycles. The maximum atomic E-state index is 13.8. The topological polar surface area (TPSA) is 52.7 Å². The number of rotatable bonds is 5. The second-order valence-electron chi connectivity index (χ2n) is 6.75. The highest BCUT2D eigenvalue weighted by molar-refractivity contribution is 6.31. The second kappa shape index (κ2) is 7.70. The van der Waals surface area contributed by atoms with Gasteiger partial charge >= 0.3 is 0 Å². The number of piperazine rings is 1. The van der Waals surface area contributed by atoms with Gasteiger partial charge in [-0.25, -0.2) is 4.39 Å². The summed E-state index contributed by atoms with van der Waals surface area (Å²) in [6.07, 6.45) is 2.10. The van der Waals surface area contributed by atoms with Gasteiger partial charge in [0.05, 0.1) is 12.5 Å². The first kappa shape index (κ1) is 18.1. The van der Waals surface area contributed by atoms with Crippen molar-refractivity contribution >= 4 is 23.4 Å². The molecule has 136 valence electrons. The monoisotopic (exact) mass is 367 g/mol. The van der Waals surface area contributed by atoms with Crippen molar-refractivity contribution in [3.8, 4) is 0 Å². The number of hydrogen-bond donors (Lipinski definition) is 1. The fourth-order valence-electron chi connectivity index (χ4n) is 3.04. The zero-order chi connectivity index (χ0) is 18.0. The van der Waals surface area contributed by atoms with Crippen molar-refractivity contribution < 1.29 is 14.0 Å². The molecule has 7 heteroatoms. The number of halogens is 2. The molecule has 25 heavy (non-hydrogen) atoms. The molecule has 1 aliphatic heterocycles. The zero-order valence-electron chi connectivity index (χ0n) is 14.3. The van der Waals surface area contributed by atoms with Crippen LogP contribution in [0.15, 0.2) is 18.2 Å². The van der Waals surface area contributed by atoms with E-state index in [2.05, 4.69) is 10.2 Å². The Labute approximate surface area is 152 Å². The number of carbonyl (C=O) groups is 2. The van der Waals surface area contributed by atoms with Crippen molar-refractivity contribution in [2.45, 2.75) is 38.3 Å². The van der Waals surface area contributed by atoms with Gasteiger partial charge in [-0.15, -0.1) is 0 Å². The molecule has 2 amide bonds. The van der Waals surface area contributed by atoms with E-state index in [-0.39, 0.29) is 34.9 Å². The van der Waals surface area contributed by atoms with Crippen molar-refractivity contribution in [3.05, 3.63) is 34.6 Å². The molecule has 1 saturated carbocycles. The number of nitrogens with one attached hydrogen (secondary N) is 1. The van der Waals surface area contributed by atoms with Crippen molar-refractivity contribution in [1.29, 1.82) is 0 Å². The zero-order valence-corrected chi connectivity index (χ0v) is 15.1. The van der Waals surface area contributed by atoms with Crippen molar-refractivity contribution in [1.82, 2.24) is 15.1 Å². The van der Waals surface area contributed by atoms with Gasteiger partial charge in [-0.2, -0.15) is 0 Å². The predicted octanol–water partition coefficient (Wildman–Crippen LogP) is 1.83. The molecule has 0 spiro atoms. The summed E-state index contributed by atoms with van der Waals surface area (Å²) in [5.74, 6) is -0.535. The second-order valence-corrected chi connectivity index (χ2v) is 7.16. The Morgan fingerprint density at radius 1 is 1.28 bits per heavy atom. The van der Waals surface area contributed by atoms with Gasteiger partial charge in [-0.1, -0.05) is 17.7 Å². The average molecular weight is 368 g/mol. The minimum absolute atomic E-state index is 0.0385. The quantitative estimate of drug-likeness (QED) is 0.864. The predicted molar refractivity (Wildman–Crippen MR) is 93.9 cm³/mol. The number of hydrogen-bond acceptors (Lipinski definition) is 3. The third-order valence-electron chi connectivity index (χ3n) is 4.91. The minimum atomic E-state index is -0.454. The summed E-state index contributed by atoms with van der Waals surface area (Å²) in [6, 6.07) is 4.58. The number of benzene rings is 1. The number of nitrogens with zero attached hydrogens (tertiary/aromatic N) is 2. The summed E-state index contributed by atoms with van der Waals surface area (Å²) >= 11 is 6.00. The van der Waals surface area contributed by atoms with Crippen LogP contribution in [0.4, 0.5) is 4.39 Å². The number of carbonyl (C=O) groups excluding carboxylic acids is 2. The summed E-state index contributed by atoms with van der Waals surface area (Å²) in [5.41, 5.74) is 0.244. The smallest absolute Gasteiger partial charge is 0.237 e. The molecule has 0 radical (unpaired) electrons. The van der Waals surface area contributed by atoms with E-state index in [4.69, 9.17) is 11.6 Å². The molecule has 5 nitrogen and oxygen atoms in total. The molecule has 1 N–H and O–H groups in total. The Bertz CT molecular complexity index is 637. The van der Waals surface area contributed by atoms with Crippen LogP contribution >= 0.6 is 11.6 Å². The van der Waals surface area contributed by atoms with Crippen molar-refractivity contribution in [2.75, 3.05) is 26.2 Å².